The molecule has 0 spiro atoms. The Bertz CT molecular complexity index is 523. The summed E-state index contributed by atoms with van der Waals surface area (Å²) >= 11 is 0. The Labute approximate surface area is 115 Å². The Kier molecular flexibility index (Phi) is 3.88. The molecule has 1 aliphatic rings. The maximum atomic E-state index is 3.56. The van der Waals surface area contributed by atoms with Crippen LogP contribution < -0.4 is 5.32 Å². The summed E-state index contributed by atoms with van der Waals surface area (Å²) in [4.78, 5) is 3.39. The molecule has 2 aromatic rings. The van der Waals surface area contributed by atoms with Gasteiger partial charge in [0.15, 0.2) is 0 Å². The van der Waals surface area contributed by atoms with Crippen molar-refractivity contribution >= 4 is 10.9 Å². The summed E-state index contributed by atoms with van der Waals surface area (Å²) in [5, 5.41) is 4.95. The van der Waals surface area contributed by atoms with Crippen LogP contribution >= 0.6 is 0 Å². The molecular formula is C17H24N2. The Hall–Kier alpha value is -1.28. The lowest BCUT2D eigenvalue weighted by atomic mass is 9.81. The maximum Gasteiger partial charge on any atom is 0.0456 e. The van der Waals surface area contributed by atoms with Gasteiger partial charge in [-0.15, -0.1) is 0 Å². The molecule has 1 saturated carbocycles. The zero-order chi connectivity index (χ0) is 13.1. The highest BCUT2D eigenvalue weighted by Gasteiger charge is 2.23. The number of hydrogen-bond acceptors (Lipinski definition) is 1. The van der Waals surface area contributed by atoms with E-state index in [0.29, 0.717) is 6.04 Å². The summed E-state index contributed by atoms with van der Waals surface area (Å²) in [6.45, 7) is 0. The average Bonchev–Trinajstić information content (AvgIpc) is 2.89. The first-order valence-corrected chi connectivity index (χ1v) is 7.61. The zero-order valence-corrected chi connectivity index (χ0v) is 11.8. The van der Waals surface area contributed by atoms with Gasteiger partial charge in [-0.1, -0.05) is 37.5 Å². The van der Waals surface area contributed by atoms with Crippen molar-refractivity contribution in [3.05, 3.63) is 36.0 Å². The van der Waals surface area contributed by atoms with Crippen LogP contribution in [-0.4, -0.2) is 18.1 Å². The fraction of sp³-hybridized carbons (Fsp3) is 0.529. The van der Waals surface area contributed by atoms with E-state index in [4.69, 9.17) is 0 Å². The summed E-state index contributed by atoms with van der Waals surface area (Å²) in [6, 6.07) is 9.25. The lowest BCUT2D eigenvalue weighted by Crippen LogP contribution is -2.36. The van der Waals surface area contributed by atoms with Crippen molar-refractivity contribution in [2.45, 2.75) is 44.6 Å². The van der Waals surface area contributed by atoms with Gasteiger partial charge >= 0.3 is 0 Å². The molecule has 1 atom stereocenters. The van der Waals surface area contributed by atoms with E-state index in [1.807, 2.05) is 0 Å². The van der Waals surface area contributed by atoms with Gasteiger partial charge in [-0.2, -0.15) is 0 Å². The van der Waals surface area contributed by atoms with Gasteiger partial charge in [0.2, 0.25) is 0 Å². The molecule has 1 unspecified atom stereocenters. The number of H-pyrrole nitrogens is 1. The Morgan fingerprint density at radius 1 is 1.21 bits per heavy atom. The smallest absolute Gasteiger partial charge is 0.0456 e. The summed E-state index contributed by atoms with van der Waals surface area (Å²) in [7, 11) is 2.12. The number of fused-ring (bicyclic) bond motifs is 1. The van der Waals surface area contributed by atoms with E-state index in [1.54, 1.807) is 0 Å². The van der Waals surface area contributed by atoms with E-state index >= 15 is 0 Å². The van der Waals surface area contributed by atoms with E-state index in [9.17, 15) is 0 Å². The van der Waals surface area contributed by atoms with Crippen molar-refractivity contribution in [2.24, 2.45) is 5.92 Å². The van der Waals surface area contributed by atoms with Crippen LogP contribution in [-0.2, 0) is 6.42 Å². The summed E-state index contributed by atoms with van der Waals surface area (Å²) < 4.78 is 0. The number of aromatic nitrogens is 1. The second-order valence-electron chi connectivity index (χ2n) is 5.86. The third-order valence-corrected chi connectivity index (χ3v) is 4.70. The molecule has 0 radical (unpaired) electrons. The number of aromatic amines is 1. The minimum atomic E-state index is 0.625. The first-order chi connectivity index (χ1) is 9.38. The van der Waals surface area contributed by atoms with Crippen LogP contribution in [0.4, 0.5) is 0 Å². The molecular weight excluding hydrogens is 232 g/mol. The quantitative estimate of drug-likeness (QED) is 0.853. The van der Waals surface area contributed by atoms with Gasteiger partial charge in [-0.3, -0.25) is 0 Å². The number of hydrogen-bond donors (Lipinski definition) is 2. The van der Waals surface area contributed by atoms with E-state index in [1.165, 1.54) is 48.6 Å². The molecule has 1 aromatic carbocycles. The molecule has 1 fully saturated rings. The van der Waals surface area contributed by atoms with Gasteiger partial charge in [-0.25, -0.2) is 0 Å². The average molecular weight is 256 g/mol. The first kappa shape index (κ1) is 12.7. The zero-order valence-electron chi connectivity index (χ0n) is 11.8. The molecule has 102 valence electrons. The topological polar surface area (TPSA) is 27.8 Å². The van der Waals surface area contributed by atoms with Crippen molar-refractivity contribution in [3.8, 4) is 0 Å². The van der Waals surface area contributed by atoms with Gasteiger partial charge in [-0.05, 0) is 43.9 Å². The fourth-order valence-corrected chi connectivity index (χ4v) is 3.58. The van der Waals surface area contributed by atoms with Gasteiger partial charge in [0.25, 0.3) is 0 Å². The molecule has 0 amide bonds. The Morgan fingerprint density at radius 2 is 2.00 bits per heavy atom. The van der Waals surface area contributed by atoms with Gasteiger partial charge in [0, 0.05) is 23.1 Å². The summed E-state index contributed by atoms with van der Waals surface area (Å²) in [5.41, 5.74) is 2.72. The number of rotatable bonds is 4. The first-order valence-electron chi connectivity index (χ1n) is 7.61. The minimum Gasteiger partial charge on any atom is -0.361 e. The van der Waals surface area contributed by atoms with Crippen molar-refractivity contribution in [3.63, 3.8) is 0 Å². The Morgan fingerprint density at radius 3 is 2.79 bits per heavy atom. The van der Waals surface area contributed by atoms with Crippen molar-refractivity contribution in [1.82, 2.24) is 10.3 Å². The van der Waals surface area contributed by atoms with Crippen molar-refractivity contribution < 1.29 is 0 Å². The SMILES string of the molecule is CNC(Cc1c[nH]c2ccccc12)C1CCCCC1. The highest BCUT2D eigenvalue weighted by molar-refractivity contribution is 5.83. The van der Waals surface area contributed by atoms with Crippen LogP contribution in [0.25, 0.3) is 10.9 Å². The molecule has 0 bridgehead atoms. The van der Waals surface area contributed by atoms with Crippen molar-refractivity contribution in [2.75, 3.05) is 7.05 Å². The van der Waals surface area contributed by atoms with E-state index in [-0.39, 0.29) is 0 Å². The number of nitrogens with one attached hydrogen (secondary N) is 2. The van der Waals surface area contributed by atoms with Crippen LogP contribution in [0.1, 0.15) is 37.7 Å². The summed E-state index contributed by atoms with van der Waals surface area (Å²) in [5.74, 6) is 0.854. The predicted octanol–water partition coefficient (Wildman–Crippen LogP) is 3.88. The van der Waals surface area contributed by atoms with Crippen LogP contribution in [0.15, 0.2) is 30.5 Å². The molecule has 2 nitrogen and oxygen atoms in total. The highest BCUT2D eigenvalue weighted by atomic mass is 14.9. The highest BCUT2D eigenvalue weighted by Crippen LogP contribution is 2.29. The maximum absolute atomic E-state index is 3.56. The third-order valence-electron chi connectivity index (χ3n) is 4.70. The van der Waals surface area contributed by atoms with Crippen LogP contribution in [0.5, 0.6) is 0 Å². The van der Waals surface area contributed by atoms with Crippen LogP contribution in [0.3, 0.4) is 0 Å². The normalized spacial score (nSPS) is 18.8. The van der Waals surface area contributed by atoms with E-state index in [2.05, 4.69) is 47.8 Å². The van der Waals surface area contributed by atoms with Crippen molar-refractivity contribution in [1.29, 1.82) is 0 Å². The molecule has 2 heteroatoms. The standard InChI is InChI=1S/C17H24N2/c1-18-17(13-7-3-2-4-8-13)11-14-12-19-16-10-6-5-9-15(14)16/h5-6,9-10,12-13,17-19H,2-4,7-8,11H2,1H3. The minimum absolute atomic E-state index is 0.625. The lowest BCUT2D eigenvalue weighted by molar-refractivity contribution is 0.277. The largest absolute Gasteiger partial charge is 0.361 e. The van der Waals surface area contributed by atoms with E-state index in [0.717, 1.165) is 12.3 Å². The molecule has 1 heterocycles. The molecule has 1 aromatic heterocycles. The fourth-order valence-electron chi connectivity index (χ4n) is 3.58. The second kappa shape index (κ2) is 5.79. The third kappa shape index (κ3) is 2.69. The Balaban J connectivity index is 1.78. The van der Waals surface area contributed by atoms with Gasteiger partial charge < -0.3 is 10.3 Å². The van der Waals surface area contributed by atoms with Crippen LogP contribution in [0, 0.1) is 5.92 Å². The van der Waals surface area contributed by atoms with Gasteiger partial charge in [0.05, 0.1) is 0 Å². The summed E-state index contributed by atoms with van der Waals surface area (Å²) in [6.07, 6.45) is 10.4. The molecule has 3 rings (SSSR count). The molecule has 0 saturated heterocycles. The number of benzene rings is 1. The second-order valence-corrected chi connectivity index (χ2v) is 5.86. The predicted molar refractivity (Wildman–Crippen MR) is 81.4 cm³/mol. The van der Waals surface area contributed by atoms with Crippen LogP contribution in [0.2, 0.25) is 0 Å². The molecule has 19 heavy (non-hydrogen) atoms. The molecule has 2 N–H and O–H groups in total. The molecule has 1 aliphatic carbocycles. The molecule has 0 aliphatic heterocycles. The monoisotopic (exact) mass is 256 g/mol. The van der Waals surface area contributed by atoms with Gasteiger partial charge in [0.1, 0.15) is 0 Å². The number of likely N-dealkylation sites (N-methyl/N-ethyl adjacent to an activating group) is 1. The lowest BCUT2D eigenvalue weighted by Gasteiger charge is -2.30. The van der Waals surface area contributed by atoms with E-state index < -0.39 is 0 Å². The number of para-hydroxylation sites is 1.